The van der Waals surface area contributed by atoms with E-state index in [9.17, 15) is 18.0 Å². The summed E-state index contributed by atoms with van der Waals surface area (Å²) >= 11 is 0. The quantitative estimate of drug-likeness (QED) is 0.596. The number of halogens is 3. The number of nitrogens with zero attached hydrogens (tertiary/aromatic N) is 3. The molecule has 0 spiro atoms. The Balaban J connectivity index is 2.02. The van der Waals surface area contributed by atoms with Crippen molar-refractivity contribution >= 4 is 21.8 Å². The van der Waals surface area contributed by atoms with Crippen molar-refractivity contribution in [1.29, 1.82) is 0 Å². The highest BCUT2D eigenvalue weighted by atomic mass is 19.4. The van der Waals surface area contributed by atoms with Crippen LogP contribution in [0.2, 0.25) is 0 Å². The lowest BCUT2D eigenvalue weighted by Gasteiger charge is -2.14. The molecule has 0 aliphatic heterocycles. The molecule has 0 aliphatic rings. The van der Waals surface area contributed by atoms with Crippen LogP contribution in [-0.4, -0.2) is 33.0 Å². The highest BCUT2D eigenvalue weighted by molar-refractivity contribution is 6.04. The Morgan fingerprint density at radius 2 is 1.93 bits per heavy atom. The normalized spacial score (nSPS) is 12.0. The topological polar surface area (TPSA) is 72.8 Å². The van der Waals surface area contributed by atoms with Crippen LogP contribution in [-0.2, 0) is 6.54 Å². The first-order valence-corrected chi connectivity index (χ1v) is 7.94. The van der Waals surface area contributed by atoms with E-state index in [-0.39, 0.29) is 10.9 Å². The number of H-pyrrole nitrogens is 1. The van der Waals surface area contributed by atoms with E-state index < -0.39 is 18.3 Å². The average Bonchev–Trinajstić information content (AvgIpc) is 3.14. The summed E-state index contributed by atoms with van der Waals surface area (Å²) in [5.41, 5.74) is 1.18. The molecule has 0 amide bonds. The second-order valence-corrected chi connectivity index (χ2v) is 5.98. The molecule has 9 heteroatoms. The summed E-state index contributed by atoms with van der Waals surface area (Å²) in [6.45, 7) is -1.38. The Morgan fingerprint density at radius 3 is 2.67 bits per heavy atom. The fourth-order valence-corrected chi connectivity index (χ4v) is 3.09. The van der Waals surface area contributed by atoms with E-state index in [2.05, 4.69) is 15.2 Å². The van der Waals surface area contributed by atoms with Crippen LogP contribution in [0, 0.1) is 0 Å². The van der Waals surface area contributed by atoms with Gasteiger partial charge in [-0.05, 0) is 23.3 Å². The van der Waals surface area contributed by atoms with Gasteiger partial charge in [-0.3, -0.25) is 14.5 Å². The van der Waals surface area contributed by atoms with Crippen molar-refractivity contribution in [2.45, 2.75) is 12.7 Å². The molecule has 1 N–H and O–H groups in total. The Labute approximate surface area is 150 Å². The molecule has 0 fully saturated rings. The van der Waals surface area contributed by atoms with Crippen LogP contribution in [0.5, 0.6) is 5.88 Å². The molecule has 3 aromatic heterocycles. The Kier molecular flexibility index (Phi) is 3.87. The molecule has 1 aromatic carbocycles. The van der Waals surface area contributed by atoms with Gasteiger partial charge in [0.05, 0.1) is 29.7 Å². The van der Waals surface area contributed by atoms with Gasteiger partial charge in [0.25, 0.3) is 5.56 Å². The van der Waals surface area contributed by atoms with Crippen LogP contribution in [0.15, 0.2) is 47.5 Å². The standard InChI is InChI=1S/C18H13F3N4O2/c1-27-15-7-11(4-5-22-15)10-2-3-12-14(6-10)25(9-18(19,20)21)17(26)13-8-23-24-16(12)13/h2-8H,9H2,1H3,(H,23,24). The van der Waals surface area contributed by atoms with Crippen molar-refractivity contribution < 1.29 is 17.9 Å². The number of nitrogens with one attached hydrogen (secondary N) is 1. The van der Waals surface area contributed by atoms with E-state index in [0.717, 1.165) is 4.57 Å². The lowest BCUT2D eigenvalue weighted by atomic mass is 10.0. The van der Waals surface area contributed by atoms with E-state index in [4.69, 9.17) is 4.74 Å². The maximum atomic E-state index is 13.1. The van der Waals surface area contributed by atoms with Gasteiger partial charge in [-0.1, -0.05) is 12.1 Å². The molecule has 3 heterocycles. The zero-order chi connectivity index (χ0) is 19.2. The molecule has 4 aromatic rings. The largest absolute Gasteiger partial charge is 0.481 e. The molecule has 27 heavy (non-hydrogen) atoms. The minimum atomic E-state index is -4.54. The summed E-state index contributed by atoms with van der Waals surface area (Å²) in [6, 6.07) is 8.37. The average molecular weight is 374 g/mol. The number of ether oxygens (including phenoxy) is 1. The zero-order valence-corrected chi connectivity index (χ0v) is 14.0. The summed E-state index contributed by atoms with van der Waals surface area (Å²) in [5, 5.41) is 7.10. The third kappa shape index (κ3) is 3.01. The number of aromatic nitrogens is 4. The Bertz CT molecular complexity index is 1210. The molecule has 0 atom stereocenters. The molecule has 0 saturated heterocycles. The first kappa shape index (κ1) is 17.1. The van der Waals surface area contributed by atoms with Gasteiger partial charge in [-0.15, -0.1) is 0 Å². The summed E-state index contributed by atoms with van der Waals surface area (Å²) in [6.07, 6.45) is -1.76. The maximum Gasteiger partial charge on any atom is 0.406 e. The smallest absolute Gasteiger partial charge is 0.406 e. The molecule has 0 aliphatic carbocycles. The molecule has 6 nitrogen and oxygen atoms in total. The van der Waals surface area contributed by atoms with Crippen molar-refractivity contribution in [3.8, 4) is 17.0 Å². The number of hydrogen-bond acceptors (Lipinski definition) is 4. The van der Waals surface area contributed by atoms with Crippen molar-refractivity contribution in [2.24, 2.45) is 0 Å². The monoisotopic (exact) mass is 374 g/mol. The van der Waals surface area contributed by atoms with Crippen molar-refractivity contribution in [3.63, 3.8) is 0 Å². The van der Waals surface area contributed by atoms with Crippen LogP contribution in [0.1, 0.15) is 0 Å². The third-order valence-electron chi connectivity index (χ3n) is 4.29. The molecule has 4 rings (SSSR count). The number of pyridine rings is 2. The molecule has 0 bridgehead atoms. The van der Waals surface area contributed by atoms with E-state index in [1.807, 2.05) is 0 Å². The van der Waals surface area contributed by atoms with Crippen LogP contribution >= 0.6 is 0 Å². The van der Waals surface area contributed by atoms with Crippen molar-refractivity contribution in [2.75, 3.05) is 7.11 Å². The SMILES string of the molecule is COc1cc(-c2ccc3c4[nH]ncc4c(=O)n(CC(F)(F)F)c3c2)ccn1. The summed E-state index contributed by atoms with van der Waals surface area (Å²) in [5.74, 6) is 0.379. The highest BCUT2D eigenvalue weighted by Gasteiger charge is 2.30. The number of fused-ring (bicyclic) bond motifs is 3. The number of methoxy groups -OCH3 is 1. The molecule has 0 saturated carbocycles. The number of aromatic amines is 1. The predicted octanol–water partition coefficient (Wildman–Crippen LogP) is 3.51. The van der Waals surface area contributed by atoms with Crippen LogP contribution in [0.25, 0.3) is 32.9 Å². The highest BCUT2D eigenvalue weighted by Crippen LogP contribution is 2.29. The van der Waals surface area contributed by atoms with E-state index in [1.54, 1.807) is 36.5 Å². The molecule has 138 valence electrons. The van der Waals surface area contributed by atoms with E-state index >= 15 is 0 Å². The van der Waals surface area contributed by atoms with E-state index in [1.165, 1.54) is 13.3 Å². The lowest BCUT2D eigenvalue weighted by Crippen LogP contribution is -2.28. The van der Waals surface area contributed by atoms with Crippen LogP contribution < -0.4 is 10.3 Å². The van der Waals surface area contributed by atoms with Gasteiger partial charge in [0.1, 0.15) is 6.54 Å². The third-order valence-corrected chi connectivity index (χ3v) is 4.29. The predicted molar refractivity (Wildman–Crippen MR) is 93.7 cm³/mol. The minimum absolute atomic E-state index is 0.116. The van der Waals surface area contributed by atoms with Crippen LogP contribution in [0.3, 0.4) is 0 Å². The zero-order valence-electron chi connectivity index (χ0n) is 14.0. The summed E-state index contributed by atoms with van der Waals surface area (Å²) in [7, 11) is 1.47. The molecular formula is C18H13F3N4O2. The second-order valence-electron chi connectivity index (χ2n) is 5.98. The number of hydrogen-bond donors (Lipinski definition) is 1. The Morgan fingerprint density at radius 1 is 1.15 bits per heavy atom. The van der Waals surface area contributed by atoms with Gasteiger partial charge in [0.2, 0.25) is 5.88 Å². The van der Waals surface area contributed by atoms with Crippen LogP contribution in [0.4, 0.5) is 13.2 Å². The molecular weight excluding hydrogens is 361 g/mol. The maximum absolute atomic E-state index is 13.1. The van der Waals surface area contributed by atoms with Gasteiger partial charge in [0, 0.05) is 17.6 Å². The number of rotatable bonds is 3. The number of alkyl halides is 3. The van der Waals surface area contributed by atoms with Gasteiger partial charge < -0.3 is 4.74 Å². The first-order chi connectivity index (χ1) is 12.9. The van der Waals surface area contributed by atoms with Crippen molar-refractivity contribution in [3.05, 3.63) is 53.1 Å². The Hall–Kier alpha value is -3.36. The summed E-state index contributed by atoms with van der Waals surface area (Å²) < 4.78 is 45.1. The second kappa shape index (κ2) is 6.11. The molecule has 0 radical (unpaired) electrons. The lowest BCUT2D eigenvalue weighted by molar-refractivity contribution is -0.140. The molecule has 0 unspecified atom stereocenters. The first-order valence-electron chi connectivity index (χ1n) is 7.94. The van der Waals surface area contributed by atoms with Gasteiger partial charge in [-0.25, -0.2) is 4.98 Å². The van der Waals surface area contributed by atoms with Gasteiger partial charge >= 0.3 is 6.18 Å². The fraction of sp³-hybridized carbons (Fsp3) is 0.167. The van der Waals surface area contributed by atoms with Crippen molar-refractivity contribution in [1.82, 2.24) is 19.7 Å². The van der Waals surface area contributed by atoms with Gasteiger partial charge in [-0.2, -0.15) is 18.3 Å². The van der Waals surface area contributed by atoms with Gasteiger partial charge in [0.15, 0.2) is 0 Å². The number of benzene rings is 1. The minimum Gasteiger partial charge on any atom is -0.481 e. The fourth-order valence-electron chi connectivity index (χ4n) is 3.09. The summed E-state index contributed by atoms with van der Waals surface area (Å²) in [4.78, 5) is 16.6. The van der Waals surface area contributed by atoms with E-state index in [0.29, 0.717) is 27.9 Å².